The van der Waals surface area contributed by atoms with Gasteiger partial charge in [-0.3, -0.25) is 0 Å². The number of hydrogen-bond donors (Lipinski definition) is 0. The van der Waals surface area contributed by atoms with Crippen molar-refractivity contribution in [1.29, 1.82) is 0 Å². The van der Waals surface area contributed by atoms with Gasteiger partial charge in [0.2, 0.25) is 0 Å². The fraction of sp³-hybridized carbons (Fsp3) is 0.500. The molecule has 0 bridgehead atoms. The minimum atomic E-state index is 0. The summed E-state index contributed by atoms with van der Waals surface area (Å²) in [5.74, 6) is 1.03. The normalized spacial score (nSPS) is 11.5. The maximum atomic E-state index is 5.81. The molecular formula is C12H20BrOP. The molecule has 1 aromatic rings. The molecule has 1 atom stereocenters. The Morgan fingerprint density at radius 2 is 1.73 bits per heavy atom. The summed E-state index contributed by atoms with van der Waals surface area (Å²) in [6, 6.07) is 6.20. The molecule has 0 saturated carbocycles. The van der Waals surface area contributed by atoms with Crippen molar-refractivity contribution in [2.75, 3.05) is 0 Å². The van der Waals surface area contributed by atoms with Gasteiger partial charge < -0.3 is 4.52 Å². The van der Waals surface area contributed by atoms with Crippen LogP contribution in [-0.2, 0) is 0 Å². The molecule has 0 saturated heterocycles. The second-order valence-corrected chi connectivity index (χ2v) is 6.56. The van der Waals surface area contributed by atoms with E-state index in [0.717, 1.165) is 5.75 Å². The third-order valence-corrected chi connectivity index (χ3v) is 2.96. The lowest BCUT2D eigenvalue weighted by molar-refractivity contribution is 0.590. The van der Waals surface area contributed by atoms with Crippen LogP contribution < -0.4 is 4.52 Å². The molecule has 0 fully saturated rings. The first-order valence-electron chi connectivity index (χ1n) is 4.90. The van der Waals surface area contributed by atoms with E-state index in [0.29, 0.717) is 8.81 Å². The first-order valence-corrected chi connectivity index (χ1v) is 5.81. The van der Waals surface area contributed by atoms with Crippen molar-refractivity contribution in [3.05, 3.63) is 29.3 Å². The lowest BCUT2D eigenvalue weighted by atomic mass is 10.1. The van der Waals surface area contributed by atoms with Gasteiger partial charge in [0.05, 0.1) is 8.81 Å². The number of halogens is 1. The van der Waals surface area contributed by atoms with Crippen LogP contribution in [-0.4, -0.2) is 5.16 Å². The fourth-order valence-corrected chi connectivity index (χ4v) is 1.68. The molecule has 1 aromatic carbocycles. The van der Waals surface area contributed by atoms with Gasteiger partial charge >= 0.3 is 0 Å². The molecule has 1 unspecified atom stereocenters. The predicted molar refractivity (Wildman–Crippen MR) is 74.9 cm³/mol. The summed E-state index contributed by atoms with van der Waals surface area (Å²) in [4.78, 5) is 0. The first kappa shape index (κ1) is 14.9. The van der Waals surface area contributed by atoms with Gasteiger partial charge in [-0.1, -0.05) is 32.9 Å². The smallest absolute Gasteiger partial charge is 0.126 e. The monoisotopic (exact) mass is 290 g/mol. The highest BCUT2D eigenvalue weighted by Gasteiger charge is 2.12. The van der Waals surface area contributed by atoms with Crippen LogP contribution in [0.2, 0.25) is 0 Å². The van der Waals surface area contributed by atoms with Crippen molar-refractivity contribution in [2.45, 2.75) is 39.8 Å². The van der Waals surface area contributed by atoms with Gasteiger partial charge in [0.15, 0.2) is 0 Å². The molecule has 0 spiro atoms. The molecule has 0 heterocycles. The van der Waals surface area contributed by atoms with E-state index < -0.39 is 0 Å². The zero-order chi connectivity index (χ0) is 10.8. The van der Waals surface area contributed by atoms with E-state index >= 15 is 0 Å². The van der Waals surface area contributed by atoms with Crippen LogP contribution in [0.4, 0.5) is 0 Å². The number of hydrogen-bond acceptors (Lipinski definition) is 1. The highest BCUT2D eigenvalue weighted by atomic mass is 79.9. The van der Waals surface area contributed by atoms with Crippen LogP contribution in [0.25, 0.3) is 0 Å². The predicted octanol–water partition coefficient (Wildman–Crippen LogP) is 4.65. The van der Waals surface area contributed by atoms with Crippen molar-refractivity contribution in [1.82, 2.24) is 0 Å². The Labute approximate surface area is 105 Å². The summed E-state index contributed by atoms with van der Waals surface area (Å²) in [5.41, 5.74) is 2.55. The topological polar surface area (TPSA) is 9.23 Å². The van der Waals surface area contributed by atoms with Crippen LogP contribution in [0.3, 0.4) is 0 Å². The van der Waals surface area contributed by atoms with Gasteiger partial charge in [-0.15, -0.1) is 17.0 Å². The Morgan fingerprint density at radius 3 is 2.27 bits per heavy atom. The van der Waals surface area contributed by atoms with Crippen molar-refractivity contribution in [3.63, 3.8) is 0 Å². The van der Waals surface area contributed by atoms with Crippen molar-refractivity contribution >= 4 is 25.8 Å². The quantitative estimate of drug-likeness (QED) is 0.720. The highest BCUT2D eigenvalue weighted by molar-refractivity contribution is 8.93. The number of benzene rings is 1. The van der Waals surface area contributed by atoms with Gasteiger partial charge in [-0.25, -0.2) is 0 Å². The maximum absolute atomic E-state index is 5.81. The minimum Gasteiger partial charge on any atom is -0.476 e. The highest BCUT2D eigenvalue weighted by Crippen LogP contribution is 2.35. The second kappa shape index (κ2) is 5.86. The number of aryl methyl sites for hydroxylation is 1. The van der Waals surface area contributed by atoms with Gasteiger partial charge in [0, 0.05) is 5.16 Å². The minimum absolute atomic E-state index is 0. The molecule has 0 aliphatic rings. The molecule has 0 amide bonds. The van der Waals surface area contributed by atoms with Gasteiger partial charge in [-0.2, -0.15) is 0 Å². The molecule has 15 heavy (non-hydrogen) atoms. The standard InChI is InChI=1S/C12H19OP.BrH/c1-9-7-6-8-11(10(9)2)13-14-12(3,4)5;/h6-8,14H,1-5H3;1H. The van der Waals surface area contributed by atoms with Gasteiger partial charge in [0.25, 0.3) is 0 Å². The zero-order valence-electron chi connectivity index (χ0n) is 10.0. The largest absolute Gasteiger partial charge is 0.476 e. The van der Waals surface area contributed by atoms with Crippen LogP contribution in [0.5, 0.6) is 5.75 Å². The molecule has 0 aliphatic carbocycles. The van der Waals surface area contributed by atoms with Gasteiger partial charge in [-0.05, 0) is 31.0 Å². The molecular weight excluding hydrogens is 271 g/mol. The van der Waals surface area contributed by atoms with Crippen LogP contribution in [0.1, 0.15) is 31.9 Å². The summed E-state index contributed by atoms with van der Waals surface area (Å²) < 4.78 is 5.81. The van der Waals surface area contributed by atoms with Gasteiger partial charge in [0.1, 0.15) is 5.75 Å². The first-order chi connectivity index (χ1) is 6.40. The van der Waals surface area contributed by atoms with Crippen molar-refractivity contribution < 1.29 is 4.52 Å². The molecule has 1 rings (SSSR count). The lowest BCUT2D eigenvalue weighted by Crippen LogP contribution is -2.07. The Balaban J connectivity index is 0.00000196. The summed E-state index contributed by atoms with van der Waals surface area (Å²) in [5, 5.41) is 0.246. The Bertz CT molecular complexity index is 318. The Morgan fingerprint density at radius 1 is 1.13 bits per heavy atom. The summed E-state index contributed by atoms with van der Waals surface area (Å²) in [6.07, 6.45) is 0. The van der Waals surface area contributed by atoms with Crippen LogP contribution in [0.15, 0.2) is 18.2 Å². The molecule has 0 N–H and O–H groups in total. The molecule has 1 nitrogen and oxygen atoms in total. The zero-order valence-corrected chi connectivity index (χ0v) is 12.8. The number of rotatable bonds is 2. The van der Waals surface area contributed by atoms with Crippen LogP contribution in [0, 0.1) is 13.8 Å². The lowest BCUT2D eigenvalue weighted by Gasteiger charge is -2.19. The van der Waals surface area contributed by atoms with E-state index in [2.05, 4.69) is 40.7 Å². The molecule has 86 valence electrons. The van der Waals surface area contributed by atoms with Crippen LogP contribution >= 0.6 is 25.8 Å². The molecule has 3 heteroatoms. The Kier molecular flexibility index (Phi) is 5.84. The average molecular weight is 291 g/mol. The van der Waals surface area contributed by atoms with E-state index in [1.165, 1.54) is 11.1 Å². The third kappa shape index (κ3) is 4.99. The van der Waals surface area contributed by atoms with E-state index in [4.69, 9.17) is 4.52 Å². The van der Waals surface area contributed by atoms with Crippen molar-refractivity contribution in [3.8, 4) is 5.75 Å². The molecule has 0 aliphatic heterocycles. The van der Waals surface area contributed by atoms with E-state index in [-0.39, 0.29) is 22.1 Å². The summed E-state index contributed by atoms with van der Waals surface area (Å²) in [6.45, 7) is 10.8. The Hall–Kier alpha value is -0.0700. The van der Waals surface area contributed by atoms with E-state index in [1.807, 2.05) is 12.1 Å². The summed E-state index contributed by atoms with van der Waals surface area (Å²) >= 11 is 0. The fourth-order valence-electron chi connectivity index (χ4n) is 1.04. The maximum Gasteiger partial charge on any atom is 0.126 e. The third-order valence-electron chi connectivity index (χ3n) is 2.02. The molecule has 0 aromatic heterocycles. The molecule has 0 radical (unpaired) electrons. The SMILES string of the molecule is Br.Cc1cccc(OPC(C)(C)C)c1C. The second-order valence-electron chi connectivity index (χ2n) is 4.65. The van der Waals surface area contributed by atoms with E-state index in [1.54, 1.807) is 0 Å². The average Bonchev–Trinajstić information content (AvgIpc) is 2.06. The van der Waals surface area contributed by atoms with E-state index in [9.17, 15) is 0 Å². The summed E-state index contributed by atoms with van der Waals surface area (Å²) in [7, 11) is 0.512. The van der Waals surface area contributed by atoms with Crippen molar-refractivity contribution in [2.24, 2.45) is 0 Å².